The molecule has 0 heterocycles. The smallest absolute Gasteiger partial charge is 0.0791 e. The molecule has 0 aliphatic carbocycles. The van der Waals surface area contributed by atoms with Crippen LogP contribution in [0.4, 0.5) is 0 Å². The number of hydrogen-bond donors (Lipinski definition) is 1. The highest BCUT2D eigenvalue weighted by atomic mass is 35.5. The second-order valence-electron chi connectivity index (χ2n) is 2.07. The van der Waals surface area contributed by atoms with E-state index in [1.54, 1.807) is 24.3 Å². The summed E-state index contributed by atoms with van der Waals surface area (Å²) < 4.78 is 0. The van der Waals surface area contributed by atoms with Gasteiger partial charge in [-0.2, -0.15) is 0 Å². The maximum Gasteiger partial charge on any atom is 0.0791 e. The zero-order chi connectivity index (χ0) is 7.56. The van der Waals surface area contributed by atoms with Crippen molar-refractivity contribution in [2.75, 3.05) is 0 Å². The van der Waals surface area contributed by atoms with Crippen molar-refractivity contribution >= 4 is 11.6 Å². The molecule has 2 heteroatoms. The Morgan fingerprint density at radius 3 is 2.60 bits per heavy atom. The van der Waals surface area contributed by atoms with E-state index in [1.807, 2.05) is 0 Å². The van der Waals surface area contributed by atoms with E-state index < -0.39 is 6.10 Å². The van der Waals surface area contributed by atoms with E-state index in [0.29, 0.717) is 5.02 Å². The number of benzene rings is 1. The summed E-state index contributed by atoms with van der Waals surface area (Å²) in [6, 6.07) is 7.02. The fraction of sp³-hybridized carbons (Fsp3) is 0.125. The molecule has 53 valence electrons. The van der Waals surface area contributed by atoms with Crippen molar-refractivity contribution in [3.8, 4) is 0 Å². The lowest BCUT2D eigenvalue weighted by atomic mass is 10.1. The molecular formula is C8H8ClO. The zero-order valence-corrected chi connectivity index (χ0v) is 6.17. The average Bonchev–Trinajstić information content (AvgIpc) is 1.88. The number of rotatable bonds is 1. The molecule has 0 aliphatic rings. The van der Waals surface area contributed by atoms with E-state index in [-0.39, 0.29) is 0 Å². The highest BCUT2D eigenvalue weighted by molar-refractivity contribution is 6.30. The van der Waals surface area contributed by atoms with Gasteiger partial charge in [-0.25, -0.2) is 0 Å². The molecule has 1 radical (unpaired) electrons. The molecular weight excluding hydrogens is 148 g/mol. The maximum absolute atomic E-state index is 8.98. The quantitative estimate of drug-likeness (QED) is 0.660. The van der Waals surface area contributed by atoms with Crippen molar-refractivity contribution in [3.05, 3.63) is 41.8 Å². The van der Waals surface area contributed by atoms with E-state index in [0.717, 1.165) is 5.56 Å². The molecule has 0 saturated heterocycles. The first-order chi connectivity index (χ1) is 4.70. The highest BCUT2D eigenvalue weighted by Gasteiger charge is 1.98. The molecule has 0 aliphatic heterocycles. The van der Waals surface area contributed by atoms with Crippen molar-refractivity contribution in [2.24, 2.45) is 0 Å². The van der Waals surface area contributed by atoms with Gasteiger partial charge >= 0.3 is 0 Å². The summed E-state index contributed by atoms with van der Waals surface area (Å²) in [6.07, 6.45) is -0.682. The van der Waals surface area contributed by atoms with Crippen LogP contribution in [0.25, 0.3) is 0 Å². The summed E-state index contributed by atoms with van der Waals surface area (Å²) in [6.45, 7) is 3.45. The molecule has 10 heavy (non-hydrogen) atoms. The summed E-state index contributed by atoms with van der Waals surface area (Å²) in [5.74, 6) is 0. The Labute approximate surface area is 65.3 Å². The van der Waals surface area contributed by atoms with Crippen LogP contribution < -0.4 is 0 Å². The number of aliphatic hydroxyl groups excluding tert-OH is 1. The largest absolute Gasteiger partial charge is 0.388 e. The van der Waals surface area contributed by atoms with Gasteiger partial charge in [-0.3, -0.25) is 0 Å². The van der Waals surface area contributed by atoms with Crippen molar-refractivity contribution in [1.82, 2.24) is 0 Å². The molecule has 1 atom stereocenters. The topological polar surface area (TPSA) is 20.2 Å². The Bertz CT molecular complexity index is 220. The lowest BCUT2D eigenvalue weighted by molar-refractivity contribution is 0.226. The van der Waals surface area contributed by atoms with Gasteiger partial charge in [-0.05, 0) is 24.6 Å². The highest BCUT2D eigenvalue weighted by Crippen LogP contribution is 2.16. The van der Waals surface area contributed by atoms with Gasteiger partial charge in [0.15, 0.2) is 0 Å². The fourth-order valence-corrected chi connectivity index (χ4v) is 0.913. The van der Waals surface area contributed by atoms with Crippen molar-refractivity contribution < 1.29 is 5.11 Å². The Balaban J connectivity index is 2.96. The van der Waals surface area contributed by atoms with E-state index in [9.17, 15) is 0 Å². The standard InChI is InChI=1S/C8H8ClO/c1-6(10)7-3-2-4-8(9)5-7/h2-6,10H,1H2/t6-/m1/s1. The maximum atomic E-state index is 8.98. The first-order valence-corrected chi connectivity index (χ1v) is 3.34. The lowest BCUT2D eigenvalue weighted by Crippen LogP contribution is -1.89. The van der Waals surface area contributed by atoms with Gasteiger partial charge in [-0.1, -0.05) is 23.7 Å². The fourth-order valence-electron chi connectivity index (χ4n) is 0.714. The van der Waals surface area contributed by atoms with Crippen LogP contribution in [-0.2, 0) is 0 Å². The molecule has 0 bridgehead atoms. The SMILES string of the molecule is [CH2][C@@H](O)c1cccc(Cl)c1. The van der Waals surface area contributed by atoms with Crippen LogP contribution in [0.2, 0.25) is 5.02 Å². The molecule has 0 fully saturated rings. The Kier molecular flexibility index (Phi) is 2.30. The average molecular weight is 156 g/mol. The second kappa shape index (κ2) is 3.04. The van der Waals surface area contributed by atoms with Crippen molar-refractivity contribution in [1.29, 1.82) is 0 Å². The van der Waals surface area contributed by atoms with Crippen LogP contribution in [0.1, 0.15) is 11.7 Å². The minimum absolute atomic E-state index is 0.625. The molecule has 0 unspecified atom stereocenters. The third kappa shape index (κ3) is 1.72. The lowest BCUT2D eigenvalue weighted by Gasteiger charge is -2.02. The molecule has 0 saturated carbocycles. The molecule has 1 aromatic rings. The molecule has 0 aromatic heterocycles. The van der Waals surface area contributed by atoms with Crippen LogP contribution in [0.5, 0.6) is 0 Å². The summed E-state index contributed by atoms with van der Waals surface area (Å²) in [4.78, 5) is 0. The minimum atomic E-state index is -0.682. The van der Waals surface area contributed by atoms with Crippen LogP contribution >= 0.6 is 11.6 Å². The first-order valence-electron chi connectivity index (χ1n) is 2.97. The van der Waals surface area contributed by atoms with E-state index in [2.05, 4.69) is 6.92 Å². The van der Waals surface area contributed by atoms with Gasteiger partial charge in [0.05, 0.1) is 6.10 Å². The third-order valence-corrected chi connectivity index (χ3v) is 1.47. The van der Waals surface area contributed by atoms with Gasteiger partial charge in [0.2, 0.25) is 0 Å². The monoisotopic (exact) mass is 155 g/mol. The summed E-state index contributed by atoms with van der Waals surface area (Å²) in [5.41, 5.74) is 0.743. The third-order valence-electron chi connectivity index (χ3n) is 1.23. The Morgan fingerprint density at radius 2 is 2.20 bits per heavy atom. The molecule has 1 rings (SSSR count). The summed E-state index contributed by atoms with van der Waals surface area (Å²) in [5, 5.41) is 9.60. The Hall–Kier alpha value is -0.530. The van der Waals surface area contributed by atoms with Crippen molar-refractivity contribution in [2.45, 2.75) is 6.10 Å². The van der Waals surface area contributed by atoms with E-state index in [1.165, 1.54) is 0 Å². The predicted molar refractivity (Wildman–Crippen MR) is 41.8 cm³/mol. The van der Waals surface area contributed by atoms with Gasteiger partial charge in [0.25, 0.3) is 0 Å². The minimum Gasteiger partial charge on any atom is -0.388 e. The second-order valence-corrected chi connectivity index (χ2v) is 2.51. The molecule has 1 N–H and O–H groups in total. The van der Waals surface area contributed by atoms with Crippen LogP contribution in [-0.4, -0.2) is 5.11 Å². The van der Waals surface area contributed by atoms with E-state index in [4.69, 9.17) is 16.7 Å². The summed E-state index contributed by atoms with van der Waals surface area (Å²) >= 11 is 5.65. The number of aliphatic hydroxyl groups is 1. The van der Waals surface area contributed by atoms with Gasteiger partial charge in [-0.15, -0.1) is 0 Å². The normalized spacial score (nSPS) is 13.1. The molecule has 0 amide bonds. The van der Waals surface area contributed by atoms with Crippen molar-refractivity contribution in [3.63, 3.8) is 0 Å². The Morgan fingerprint density at radius 1 is 1.50 bits per heavy atom. The predicted octanol–water partition coefficient (Wildman–Crippen LogP) is 2.21. The summed E-state index contributed by atoms with van der Waals surface area (Å²) in [7, 11) is 0. The molecule has 0 spiro atoms. The van der Waals surface area contributed by atoms with Gasteiger partial charge in [0, 0.05) is 5.02 Å². The van der Waals surface area contributed by atoms with E-state index >= 15 is 0 Å². The van der Waals surface area contributed by atoms with Crippen LogP contribution in [0, 0.1) is 6.92 Å². The molecule has 1 aromatic carbocycles. The first kappa shape index (κ1) is 7.58. The number of halogens is 1. The van der Waals surface area contributed by atoms with Gasteiger partial charge < -0.3 is 5.11 Å². The zero-order valence-electron chi connectivity index (χ0n) is 5.42. The molecule has 1 nitrogen and oxygen atoms in total. The van der Waals surface area contributed by atoms with Crippen LogP contribution in [0.3, 0.4) is 0 Å². The number of hydrogen-bond acceptors (Lipinski definition) is 1. The van der Waals surface area contributed by atoms with Crippen LogP contribution in [0.15, 0.2) is 24.3 Å². The van der Waals surface area contributed by atoms with Gasteiger partial charge in [0.1, 0.15) is 0 Å².